The molecule has 0 bridgehead atoms. The van der Waals surface area contributed by atoms with E-state index in [1.54, 1.807) is 0 Å². The third-order valence-corrected chi connectivity index (χ3v) is 2.59. The zero-order valence-corrected chi connectivity index (χ0v) is 8.18. The number of aromatic amines is 1. The highest BCUT2D eigenvalue weighted by Gasteiger charge is 2.17. The Hall–Kier alpha value is -1.16. The van der Waals surface area contributed by atoms with Gasteiger partial charge >= 0.3 is 0 Å². The van der Waals surface area contributed by atoms with E-state index in [0.29, 0.717) is 18.8 Å². The number of fused-ring (bicyclic) bond motifs is 1. The maximum Gasteiger partial charge on any atom is 0.199 e. The molecule has 0 saturated carbocycles. The van der Waals surface area contributed by atoms with Gasteiger partial charge in [-0.25, -0.2) is 4.98 Å². The van der Waals surface area contributed by atoms with Crippen molar-refractivity contribution < 1.29 is 4.79 Å². The standard InChI is InChI=1S/C10H15N3O/c11-6-5-9(14)10-12-7-3-1-2-4-8(7)13-10/h1-6,11H2,(H,12,13). The van der Waals surface area contributed by atoms with Gasteiger partial charge in [0.1, 0.15) is 0 Å². The summed E-state index contributed by atoms with van der Waals surface area (Å²) in [5.41, 5.74) is 7.56. The fourth-order valence-electron chi connectivity index (χ4n) is 1.83. The summed E-state index contributed by atoms with van der Waals surface area (Å²) >= 11 is 0. The Morgan fingerprint density at radius 1 is 1.43 bits per heavy atom. The van der Waals surface area contributed by atoms with Crippen molar-refractivity contribution in [2.75, 3.05) is 6.54 Å². The van der Waals surface area contributed by atoms with Crippen LogP contribution < -0.4 is 5.73 Å². The van der Waals surface area contributed by atoms with Crippen molar-refractivity contribution >= 4 is 5.78 Å². The number of hydrogen-bond donors (Lipinski definition) is 2. The second kappa shape index (κ2) is 3.92. The molecule has 4 heteroatoms. The van der Waals surface area contributed by atoms with Gasteiger partial charge in [0, 0.05) is 12.1 Å². The Morgan fingerprint density at radius 2 is 2.21 bits per heavy atom. The van der Waals surface area contributed by atoms with Crippen LogP contribution in [0.4, 0.5) is 0 Å². The second-order valence-corrected chi connectivity index (χ2v) is 3.68. The van der Waals surface area contributed by atoms with Crippen LogP contribution in [-0.2, 0) is 12.8 Å². The number of nitrogens with one attached hydrogen (secondary N) is 1. The Morgan fingerprint density at radius 3 is 2.93 bits per heavy atom. The van der Waals surface area contributed by atoms with Gasteiger partial charge in [-0.2, -0.15) is 0 Å². The van der Waals surface area contributed by atoms with Gasteiger partial charge in [-0.15, -0.1) is 0 Å². The van der Waals surface area contributed by atoms with Crippen LogP contribution in [0.3, 0.4) is 0 Å². The monoisotopic (exact) mass is 193 g/mol. The van der Waals surface area contributed by atoms with Gasteiger partial charge in [0.15, 0.2) is 11.6 Å². The molecule has 0 fully saturated rings. The summed E-state index contributed by atoms with van der Waals surface area (Å²) < 4.78 is 0. The van der Waals surface area contributed by atoms with Gasteiger partial charge in [0.25, 0.3) is 0 Å². The molecule has 1 aromatic heterocycles. The highest BCUT2D eigenvalue weighted by atomic mass is 16.1. The number of nitrogens with zero attached hydrogens (tertiary/aromatic N) is 1. The third kappa shape index (κ3) is 1.70. The van der Waals surface area contributed by atoms with E-state index >= 15 is 0 Å². The van der Waals surface area contributed by atoms with Crippen LogP contribution in [0.1, 0.15) is 41.3 Å². The predicted octanol–water partition coefficient (Wildman–Crippen LogP) is 0.820. The first-order valence-electron chi connectivity index (χ1n) is 5.12. The minimum absolute atomic E-state index is 0.0295. The van der Waals surface area contributed by atoms with Gasteiger partial charge < -0.3 is 10.7 Å². The Kier molecular flexibility index (Phi) is 2.63. The van der Waals surface area contributed by atoms with Gasteiger partial charge in [-0.1, -0.05) is 0 Å². The summed E-state index contributed by atoms with van der Waals surface area (Å²) in [4.78, 5) is 18.9. The van der Waals surface area contributed by atoms with Crippen LogP contribution in [0.2, 0.25) is 0 Å². The Labute approximate surface area is 82.9 Å². The largest absolute Gasteiger partial charge is 0.339 e. The number of carbonyl (C=O) groups excluding carboxylic acids is 1. The number of aromatic nitrogens is 2. The Balaban J connectivity index is 2.19. The van der Waals surface area contributed by atoms with Crippen LogP contribution in [0.5, 0.6) is 0 Å². The van der Waals surface area contributed by atoms with Crippen molar-refractivity contribution in [2.45, 2.75) is 32.1 Å². The quantitative estimate of drug-likeness (QED) is 0.698. The molecule has 0 aliphatic heterocycles. The number of nitrogens with two attached hydrogens (primary N) is 1. The van der Waals surface area contributed by atoms with Crippen molar-refractivity contribution in [3.63, 3.8) is 0 Å². The minimum Gasteiger partial charge on any atom is -0.339 e. The summed E-state index contributed by atoms with van der Waals surface area (Å²) in [6.45, 7) is 0.393. The number of ketones is 1. The van der Waals surface area contributed by atoms with E-state index in [-0.39, 0.29) is 5.78 Å². The highest BCUT2D eigenvalue weighted by Crippen LogP contribution is 2.18. The molecule has 4 nitrogen and oxygen atoms in total. The van der Waals surface area contributed by atoms with E-state index < -0.39 is 0 Å². The van der Waals surface area contributed by atoms with Gasteiger partial charge in [0.2, 0.25) is 0 Å². The van der Waals surface area contributed by atoms with Gasteiger partial charge in [-0.05, 0) is 32.2 Å². The number of H-pyrrole nitrogens is 1. The lowest BCUT2D eigenvalue weighted by atomic mass is 10.0. The zero-order valence-electron chi connectivity index (χ0n) is 8.18. The number of Topliss-reactive ketones (excluding diaryl/α,β-unsaturated/α-hetero) is 1. The summed E-state index contributed by atoms with van der Waals surface area (Å²) in [5.74, 6) is 0.532. The lowest BCUT2D eigenvalue weighted by Crippen LogP contribution is -2.09. The van der Waals surface area contributed by atoms with Crippen molar-refractivity contribution in [1.29, 1.82) is 0 Å². The molecule has 2 rings (SSSR count). The van der Waals surface area contributed by atoms with E-state index in [0.717, 1.165) is 24.2 Å². The second-order valence-electron chi connectivity index (χ2n) is 3.68. The molecule has 1 heterocycles. The molecular weight excluding hydrogens is 178 g/mol. The summed E-state index contributed by atoms with van der Waals surface area (Å²) in [6.07, 6.45) is 4.79. The van der Waals surface area contributed by atoms with E-state index in [1.807, 2.05) is 0 Å². The van der Waals surface area contributed by atoms with Crippen LogP contribution in [0.25, 0.3) is 0 Å². The third-order valence-electron chi connectivity index (χ3n) is 2.59. The maximum atomic E-state index is 11.5. The molecule has 14 heavy (non-hydrogen) atoms. The summed E-state index contributed by atoms with van der Waals surface area (Å²) in [7, 11) is 0. The van der Waals surface area contributed by atoms with Gasteiger partial charge in [0.05, 0.1) is 5.69 Å². The summed E-state index contributed by atoms with van der Waals surface area (Å²) in [6, 6.07) is 0. The van der Waals surface area contributed by atoms with Crippen molar-refractivity contribution in [2.24, 2.45) is 5.73 Å². The lowest BCUT2D eigenvalue weighted by molar-refractivity contribution is 0.0976. The molecule has 76 valence electrons. The minimum atomic E-state index is 0.0295. The molecule has 0 radical (unpaired) electrons. The number of carbonyl (C=O) groups is 1. The normalized spacial score (nSPS) is 15.2. The molecule has 0 unspecified atom stereocenters. The maximum absolute atomic E-state index is 11.5. The van der Waals surface area contributed by atoms with Gasteiger partial charge in [-0.3, -0.25) is 4.79 Å². The average Bonchev–Trinajstić information content (AvgIpc) is 2.61. The molecule has 1 aliphatic carbocycles. The first-order valence-corrected chi connectivity index (χ1v) is 5.12. The predicted molar refractivity (Wildman–Crippen MR) is 53.2 cm³/mol. The molecule has 1 aromatic rings. The number of hydrogen-bond acceptors (Lipinski definition) is 3. The fraction of sp³-hybridized carbons (Fsp3) is 0.600. The number of aryl methyl sites for hydroxylation is 2. The number of imidazole rings is 1. The van der Waals surface area contributed by atoms with E-state index in [2.05, 4.69) is 9.97 Å². The highest BCUT2D eigenvalue weighted by molar-refractivity contribution is 5.92. The summed E-state index contributed by atoms with van der Waals surface area (Å²) in [5, 5.41) is 0. The van der Waals surface area contributed by atoms with Crippen molar-refractivity contribution in [3.8, 4) is 0 Å². The molecule has 1 aliphatic rings. The topological polar surface area (TPSA) is 71.8 Å². The van der Waals surface area contributed by atoms with Crippen LogP contribution >= 0.6 is 0 Å². The Bertz CT molecular complexity index is 320. The smallest absolute Gasteiger partial charge is 0.199 e. The van der Waals surface area contributed by atoms with Crippen molar-refractivity contribution in [1.82, 2.24) is 9.97 Å². The first-order chi connectivity index (χ1) is 6.81. The molecule has 0 spiro atoms. The van der Waals surface area contributed by atoms with E-state index in [4.69, 9.17) is 5.73 Å². The fourth-order valence-corrected chi connectivity index (χ4v) is 1.83. The number of rotatable bonds is 3. The molecule has 0 aromatic carbocycles. The van der Waals surface area contributed by atoms with E-state index in [9.17, 15) is 4.79 Å². The van der Waals surface area contributed by atoms with Crippen LogP contribution in [-0.4, -0.2) is 22.3 Å². The van der Waals surface area contributed by atoms with Crippen LogP contribution in [0.15, 0.2) is 0 Å². The molecule has 0 atom stereocenters. The van der Waals surface area contributed by atoms with E-state index in [1.165, 1.54) is 12.8 Å². The molecule has 0 saturated heterocycles. The average molecular weight is 193 g/mol. The first kappa shape index (κ1) is 9.40. The lowest BCUT2D eigenvalue weighted by Gasteiger charge is -2.07. The van der Waals surface area contributed by atoms with Crippen LogP contribution in [0, 0.1) is 0 Å². The molecular formula is C10H15N3O. The van der Waals surface area contributed by atoms with Crippen molar-refractivity contribution in [3.05, 3.63) is 17.2 Å². The molecule has 3 N–H and O–H groups in total. The SMILES string of the molecule is NCCC(=O)c1nc2c([nH]1)CCCC2. The zero-order chi connectivity index (χ0) is 9.97. The molecule has 0 amide bonds.